The lowest BCUT2D eigenvalue weighted by atomic mass is 9.99. The van der Waals surface area contributed by atoms with Gasteiger partial charge in [-0.15, -0.1) is 0 Å². The van der Waals surface area contributed by atoms with Crippen molar-refractivity contribution in [1.82, 2.24) is 4.90 Å². The van der Waals surface area contributed by atoms with Gasteiger partial charge < -0.3 is 5.11 Å². The lowest BCUT2D eigenvalue weighted by molar-refractivity contribution is 0.135. The summed E-state index contributed by atoms with van der Waals surface area (Å²) < 4.78 is 0. The van der Waals surface area contributed by atoms with Crippen LogP contribution in [0.3, 0.4) is 0 Å². The van der Waals surface area contributed by atoms with Crippen molar-refractivity contribution in [3.8, 4) is 5.75 Å². The summed E-state index contributed by atoms with van der Waals surface area (Å²) in [5.74, 6) is 0.433. The van der Waals surface area contributed by atoms with Gasteiger partial charge in [-0.3, -0.25) is 4.90 Å². The van der Waals surface area contributed by atoms with Gasteiger partial charge in [0.05, 0.1) is 0 Å². The number of aromatic hydroxyl groups is 1. The Hall–Kier alpha value is -1.02. The first kappa shape index (κ1) is 11.5. The van der Waals surface area contributed by atoms with E-state index in [1.54, 1.807) is 6.07 Å². The molecule has 2 heteroatoms. The van der Waals surface area contributed by atoms with Gasteiger partial charge in [0, 0.05) is 18.2 Å². The second-order valence-electron chi connectivity index (χ2n) is 4.66. The summed E-state index contributed by atoms with van der Waals surface area (Å²) in [5, 5.41) is 9.77. The van der Waals surface area contributed by atoms with Crippen molar-refractivity contribution in [2.45, 2.75) is 45.2 Å². The Morgan fingerprint density at radius 3 is 2.88 bits per heavy atom. The van der Waals surface area contributed by atoms with Gasteiger partial charge in [-0.25, -0.2) is 0 Å². The van der Waals surface area contributed by atoms with Crippen molar-refractivity contribution in [2.75, 3.05) is 6.54 Å². The molecule has 88 valence electrons. The van der Waals surface area contributed by atoms with Gasteiger partial charge in [0.25, 0.3) is 0 Å². The molecule has 2 nitrogen and oxygen atoms in total. The summed E-state index contributed by atoms with van der Waals surface area (Å²) in [7, 11) is 0. The third-order valence-electron chi connectivity index (χ3n) is 3.59. The van der Waals surface area contributed by atoms with Gasteiger partial charge in [0.15, 0.2) is 0 Å². The smallest absolute Gasteiger partial charge is 0.120 e. The summed E-state index contributed by atoms with van der Waals surface area (Å²) >= 11 is 0. The molecule has 1 aliphatic heterocycles. The summed E-state index contributed by atoms with van der Waals surface area (Å²) in [6, 6.07) is 8.39. The number of likely N-dealkylation sites (tertiary alicyclic amines) is 1. The van der Waals surface area contributed by atoms with E-state index in [2.05, 4.69) is 11.8 Å². The molecule has 0 saturated carbocycles. The molecule has 0 aromatic heterocycles. The number of phenols is 1. The minimum absolute atomic E-state index is 0.433. The monoisotopic (exact) mass is 219 g/mol. The summed E-state index contributed by atoms with van der Waals surface area (Å²) in [6.07, 6.45) is 5.18. The summed E-state index contributed by atoms with van der Waals surface area (Å²) in [5.41, 5.74) is 1.06. The Morgan fingerprint density at radius 1 is 1.31 bits per heavy atom. The second-order valence-corrected chi connectivity index (χ2v) is 4.66. The average molecular weight is 219 g/mol. The Bertz CT molecular complexity index is 337. The van der Waals surface area contributed by atoms with Gasteiger partial charge in [-0.1, -0.05) is 31.5 Å². The zero-order chi connectivity index (χ0) is 11.4. The highest BCUT2D eigenvalue weighted by atomic mass is 16.3. The van der Waals surface area contributed by atoms with E-state index in [0.29, 0.717) is 11.8 Å². The quantitative estimate of drug-likeness (QED) is 0.844. The number of phenolic OH excluding ortho intramolecular Hbond substituents is 1. The van der Waals surface area contributed by atoms with E-state index in [1.807, 2.05) is 18.2 Å². The maximum Gasteiger partial charge on any atom is 0.120 e. The van der Waals surface area contributed by atoms with E-state index in [0.717, 1.165) is 12.1 Å². The Balaban J connectivity index is 2.05. The van der Waals surface area contributed by atoms with Crippen LogP contribution in [0.15, 0.2) is 24.3 Å². The minimum atomic E-state index is 0.433. The molecule has 1 heterocycles. The third-order valence-corrected chi connectivity index (χ3v) is 3.59. The number of hydrogen-bond donors (Lipinski definition) is 1. The number of nitrogens with zero attached hydrogens (tertiary/aromatic N) is 1. The van der Waals surface area contributed by atoms with Gasteiger partial charge in [-0.2, -0.15) is 0 Å². The average Bonchev–Trinajstić information content (AvgIpc) is 2.33. The molecule has 1 aromatic rings. The first-order valence-corrected chi connectivity index (χ1v) is 6.32. The van der Waals surface area contributed by atoms with Crippen LogP contribution in [0.5, 0.6) is 5.75 Å². The largest absolute Gasteiger partial charge is 0.508 e. The fourth-order valence-electron chi connectivity index (χ4n) is 2.59. The molecule has 1 aromatic carbocycles. The second kappa shape index (κ2) is 5.35. The molecule has 0 bridgehead atoms. The van der Waals surface area contributed by atoms with Gasteiger partial charge in [-0.05, 0) is 31.9 Å². The zero-order valence-corrected chi connectivity index (χ0v) is 10.0. The van der Waals surface area contributed by atoms with Crippen LogP contribution in [0.4, 0.5) is 0 Å². The van der Waals surface area contributed by atoms with Crippen LogP contribution in [0.1, 0.15) is 38.2 Å². The van der Waals surface area contributed by atoms with Crippen LogP contribution in [0.2, 0.25) is 0 Å². The van der Waals surface area contributed by atoms with Crippen molar-refractivity contribution in [1.29, 1.82) is 0 Å². The molecule has 1 aliphatic rings. The highest BCUT2D eigenvalue weighted by Gasteiger charge is 2.21. The van der Waals surface area contributed by atoms with Gasteiger partial charge in [0.1, 0.15) is 5.75 Å². The SMILES string of the molecule is CCC1CCCCN1Cc1ccccc1O. The topological polar surface area (TPSA) is 23.5 Å². The van der Waals surface area contributed by atoms with Crippen molar-refractivity contribution in [3.63, 3.8) is 0 Å². The van der Waals surface area contributed by atoms with E-state index < -0.39 is 0 Å². The van der Waals surface area contributed by atoms with Crippen LogP contribution in [-0.2, 0) is 6.54 Å². The van der Waals surface area contributed by atoms with Crippen LogP contribution in [-0.4, -0.2) is 22.6 Å². The molecule has 1 saturated heterocycles. The molecule has 1 atom stereocenters. The number of benzene rings is 1. The molecule has 16 heavy (non-hydrogen) atoms. The van der Waals surface area contributed by atoms with Crippen LogP contribution in [0.25, 0.3) is 0 Å². The summed E-state index contributed by atoms with van der Waals surface area (Å²) in [4.78, 5) is 2.51. The molecule has 1 unspecified atom stereocenters. The Morgan fingerprint density at radius 2 is 2.12 bits per heavy atom. The lowest BCUT2D eigenvalue weighted by Gasteiger charge is -2.35. The molecule has 2 rings (SSSR count). The minimum Gasteiger partial charge on any atom is -0.508 e. The fourth-order valence-corrected chi connectivity index (χ4v) is 2.59. The maximum atomic E-state index is 9.77. The van der Waals surface area contributed by atoms with Crippen molar-refractivity contribution in [3.05, 3.63) is 29.8 Å². The number of piperidine rings is 1. The Labute approximate surface area is 97.9 Å². The molecule has 0 spiro atoms. The third kappa shape index (κ3) is 2.56. The Kier molecular flexibility index (Phi) is 3.83. The molecule has 0 amide bonds. The molecule has 0 aliphatic carbocycles. The number of hydrogen-bond acceptors (Lipinski definition) is 2. The van der Waals surface area contributed by atoms with Crippen molar-refractivity contribution in [2.24, 2.45) is 0 Å². The molecular weight excluding hydrogens is 198 g/mol. The lowest BCUT2D eigenvalue weighted by Crippen LogP contribution is -2.38. The van der Waals surface area contributed by atoms with Crippen LogP contribution < -0.4 is 0 Å². The molecule has 1 N–H and O–H groups in total. The first-order chi connectivity index (χ1) is 7.81. The highest BCUT2D eigenvalue weighted by Crippen LogP contribution is 2.24. The van der Waals surface area contributed by atoms with E-state index in [1.165, 1.54) is 32.2 Å². The number of rotatable bonds is 3. The van der Waals surface area contributed by atoms with E-state index in [4.69, 9.17) is 0 Å². The van der Waals surface area contributed by atoms with Crippen molar-refractivity contribution < 1.29 is 5.11 Å². The van der Waals surface area contributed by atoms with Crippen molar-refractivity contribution >= 4 is 0 Å². The predicted octanol–water partition coefficient (Wildman–Crippen LogP) is 3.16. The predicted molar refractivity (Wildman–Crippen MR) is 66.4 cm³/mol. The molecular formula is C14H21NO. The standard InChI is InChI=1S/C14H21NO/c1-2-13-8-5-6-10-15(13)11-12-7-3-4-9-14(12)16/h3-4,7,9,13,16H,2,5-6,8,10-11H2,1H3. The van der Waals surface area contributed by atoms with E-state index >= 15 is 0 Å². The van der Waals surface area contributed by atoms with Crippen LogP contribution >= 0.6 is 0 Å². The van der Waals surface area contributed by atoms with E-state index in [9.17, 15) is 5.11 Å². The first-order valence-electron chi connectivity index (χ1n) is 6.32. The van der Waals surface area contributed by atoms with Crippen LogP contribution in [0, 0.1) is 0 Å². The molecule has 0 radical (unpaired) electrons. The zero-order valence-electron chi connectivity index (χ0n) is 10.0. The number of para-hydroxylation sites is 1. The fraction of sp³-hybridized carbons (Fsp3) is 0.571. The maximum absolute atomic E-state index is 9.77. The molecule has 1 fully saturated rings. The highest BCUT2D eigenvalue weighted by molar-refractivity contribution is 5.31. The van der Waals surface area contributed by atoms with E-state index in [-0.39, 0.29) is 0 Å². The van der Waals surface area contributed by atoms with Gasteiger partial charge in [0.2, 0.25) is 0 Å². The summed E-state index contributed by atoms with van der Waals surface area (Å²) in [6.45, 7) is 4.33. The normalized spacial score (nSPS) is 22.2. The van der Waals surface area contributed by atoms with Gasteiger partial charge >= 0.3 is 0 Å².